The Balaban J connectivity index is 2.12. The molecule has 3 nitrogen and oxygen atoms in total. The lowest BCUT2D eigenvalue weighted by atomic mass is 9.83. The fraction of sp³-hybridized carbons (Fsp3) is 0.529. The summed E-state index contributed by atoms with van der Waals surface area (Å²) in [6, 6.07) is 7.53. The number of hydrogen-bond donors (Lipinski definition) is 2. The van der Waals surface area contributed by atoms with Gasteiger partial charge < -0.3 is 11.1 Å². The van der Waals surface area contributed by atoms with Crippen LogP contribution in [-0.4, -0.2) is 16.9 Å². The number of thiocarbonyl (C=S) groups is 1. The topological polar surface area (TPSA) is 55.1 Å². The van der Waals surface area contributed by atoms with Crippen LogP contribution in [0.25, 0.3) is 0 Å². The number of rotatable bonds is 5. The summed E-state index contributed by atoms with van der Waals surface area (Å²) in [7, 11) is 0. The molecule has 0 saturated heterocycles. The second kappa shape index (κ2) is 7.55. The average molecular weight is 304 g/mol. The first-order valence-electron chi connectivity index (χ1n) is 7.81. The van der Waals surface area contributed by atoms with E-state index >= 15 is 0 Å². The van der Waals surface area contributed by atoms with Crippen LogP contribution < -0.4 is 11.1 Å². The van der Waals surface area contributed by atoms with E-state index in [1.165, 1.54) is 19.3 Å². The predicted molar refractivity (Wildman–Crippen MR) is 90.4 cm³/mol. The minimum absolute atomic E-state index is 0.0594. The zero-order valence-electron chi connectivity index (χ0n) is 12.6. The molecule has 1 aromatic rings. The number of amides is 1. The molecule has 1 aliphatic rings. The van der Waals surface area contributed by atoms with Crippen molar-refractivity contribution in [2.45, 2.75) is 51.5 Å². The van der Waals surface area contributed by atoms with E-state index in [0.717, 1.165) is 30.4 Å². The maximum absolute atomic E-state index is 12.6. The van der Waals surface area contributed by atoms with Crippen LogP contribution >= 0.6 is 12.2 Å². The normalized spacial score (nSPS) is 17.2. The third-order valence-corrected chi connectivity index (χ3v) is 4.61. The third kappa shape index (κ3) is 4.03. The lowest BCUT2D eigenvalue weighted by Gasteiger charge is -2.30. The summed E-state index contributed by atoms with van der Waals surface area (Å²) in [5.41, 5.74) is 7.67. The molecule has 21 heavy (non-hydrogen) atoms. The largest absolute Gasteiger partial charge is 0.392 e. The van der Waals surface area contributed by atoms with Gasteiger partial charge in [0, 0.05) is 5.56 Å². The van der Waals surface area contributed by atoms with Gasteiger partial charge in [-0.05, 0) is 36.8 Å². The van der Waals surface area contributed by atoms with Crippen LogP contribution in [-0.2, 0) is 6.42 Å². The fourth-order valence-electron chi connectivity index (χ4n) is 3.16. The highest BCUT2D eigenvalue weighted by Gasteiger charge is 2.27. The van der Waals surface area contributed by atoms with Gasteiger partial charge in [-0.1, -0.05) is 56.6 Å². The molecule has 0 aliphatic heterocycles. The van der Waals surface area contributed by atoms with Gasteiger partial charge in [0.1, 0.15) is 0 Å². The van der Waals surface area contributed by atoms with Gasteiger partial charge in [0.2, 0.25) is 0 Å². The number of carbonyl (C=O) groups excluding carboxylic acids is 1. The molecule has 0 spiro atoms. The highest BCUT2D eigenvalue weighted by molar-refractivity contribution is 7.80. The molecule has 1 atom stereocenters. The van der Waals surface area contributed by atoms with Crippen molar-refractivity contribution in [2.75, 3.05) is 0 Å². The van der Waals surface area contributed by atoms with Gasteiger partial charge in [0.25, 0.3) is 5.91 Å². The molecule has 1 aliphatic carbocycles. The van der Waals surface area contributed by atoms with Crippen LogP contribution in [0.3, 0.4) is 0 Å². The molecule has 2 rings (SSSR count). The molecule has 0 heterocycles. The van der Waals surface area contributed by atoms with Crippen molar-refractivity contribution in [3.8, 4) is 0 Å². The van der Waals surface area contributed by atoms with E-state index in [-0.39, 0.29) is 11.9 Å². The first kappa shape index (κ1) is 16.0. The van der Waals surface area contributed by atoms with Gasteiger partial charge in [-0.15, -0.1) is 0 Å². The van der Waals surface area contributed by atoms with Crippen molar-refractivity contribution < 1.29 is 4.79 Å². The number of hydrogen-bond acceptors (Lipinski definition) is 2. The number of aryl methyl sites for hydroxylation is 1. The maximum Gasteiger partial charge on any atom is 0.252 e. The van der Waals surface area contributed by atoms with Crippen molar-refractivity contribution in [3.05, 3.63) is 35.4 Å². The summed E-state index contributed by atoms with van der Waals surface area (Å²) < 4.78 is 0. The molecule has 1 amide bonds. The lowest BCUT2D eigenvalue weighted by Crippen LogP contribution is -2.49. The van der Waals surface area contributed by atoms with Gasteiger partial charge in [-0.3, -0.25) is 4.79 Å². The smallest absolute Gasteiger partial charge is 0.252 e. The van der Waals surface area contributed by atoms with Crippen molar-refractivity contribution in [2.24, 2.45) is 11.7 Å². The maximum atomic E-state index is 12.6. The Labute approximate surface area is 132 Å². The summed E-state index contributed by atoms with van der Waals surface area (Å²) in [5.74, 6) is 0.324. The number of carbonyl (C=O) groups is 1. The van der Waals surface area contributed by atoms with Crippen molar-refractivity contribution >= 4 is 23.1 Å². The molecule has 1 saturated carbocycles. The zero-order chi connectivity index (χ0) is 15.2. The number of benzene rings is 1. The summed E-state index contributed by atoms with van der Waals surface area (Å²) in [6.07, 6.45) is 6.70. The molecular weight excluding hydrogens is 280 g/mol. The van der Waals surface area contributed by atoms with E-state index in [1.54, 1.807) is 0 Å². The van der Waals surface area contributed by atoms with E-state index in [0.29, 0.717) is 10.9 Å². The van der Waals surface area contributed by atoms with Crippen molar-refractivity contribution in [3.63, 3.8) is 0 Å². The van der Waals surface area contributed by atoms with Gasteiger partial charge in [-0.25, -0.2) is 0 Å². The first-order valence-corrected chi connectivity index (χ1v) is 8.22. The Morgan fingerprint density at radius 1 is 1.33 bits per heavy atom. The fourth-order valence-corrected chi connectivity index (χ4v) is 3.41. The Morgan fingerprint density at radius 2 is 2.00 bits per heavy atom. The van der Waals surface area contributed by atoms with E-state index in [9.17, 15) is 4.79 Å². The molecule has 1 unspecified atom stereocenters. The Hall–Kier alpha value is -1.42. The van der Waals surface area contributed by atoms with E-state index in [1.807, 2.05) is 24.3 Å². The van der Waals surface area contributed by atoms with Crippen LogP contribution in [0.2, 0.25) is 0 Å². The quantitative estimate of drug-likeness (QED) is 0.821. The molecule has 1 aromatic carbocycles. The molecule has 3 N–H and O–H groups in total. The number of nitrogens with two attached hydrogens (primary N) is 1. The minimum atomic E-state index is -0.183. The Morgan fingerprint density at radius 3 is 2.62 bits per heavy atom. The number of nitrogens with one attached hydrogen (secondary N) is 1. The van der Waals surface area contributed by atoms with Crippen LogP contribution in [0, 0.1) is 5.92 Å². The lowest BCUT2D eigenvalue weighted by molar-refractivity contribution is 0.0931. The summed E-state index contributed by atoms with van der Waals surface area (Å²) >= 11 is 5.19. The van der Waals surface area contributed by atoms with E-state index in [4.69, 9.17) is 18.0 Å². The van der Waals surface area contributed by atoms with E-state index < -0.39 is 0 Å². The second-order valence-electron chi connectivity index (χ2n) is 5.76. The van der Waals surface area contributed by atoms with Crippen LogP contribution in [0.15, 0.2) is 24.3 Å². The van der Waals surface area contributed by atoms with Gasteiger partial charge in [0.15, 0.2) is 0 Å². The third-order valence-electron chi connectivity index (χ3n) is 4.36. The van der Waals surface area contributed by atoms with Crippen molar-refractivity contribution in [1.82, 2.24) is 5.32 Å². The van der Waals surface area contributed by atoms with Gasteiger partial charge in [0.05, 0.1) is 11.0 Å². The van der Waals surface area contributed by atoms with Crippen LogP contribution in [0.5, 0.6) is 0 Å². The molecule has 0 aromatic heterocycles. The minimum Gasteiger partial charge on any atom is -0.392 e. The monoisotopic (exact) mass is 304 g/mol. The Bertz CT molecular complexity index is 509. The van der Waals surface area contributed by atoms with Gasteiger partial charge >= 0.3 is 0 Å². The van der Waals surface area contributed by atoms with Crippen molar-refractivity contribution in [1.29, 1.82) is 0 Å². The standard InChI is InChI=1S/C17H24N2OS/c1-2-12-8-6-7-11-14(12)17(20)19-15(16(18)21)13-9-4-3-5-10-13/h6-8,11,13,15H,2-5,9-10H2,1H3,(H2,18,21)(H,19,20). The molecule has 0 radical (unpaired) electrons. The Kier molecular flexibility index (Phi) is 5.74. The predicted octanol–water partition coefficient (Wildman–Crippen LogP) is 3.21. The summed E-state index contributed by atoms with van der Waals surface area (Å²) in [6.45, 7) is 2.05. The zero-order valence-corrected chi connectivity index (χ0v) is 13.4. The molecule has 114 valence electrons. The molecule has 4 heteroatoms. The molecular formula is C17H24N2OS. The average Bonchev–Trinajstić information content (AvgIpc) is 2.52. The van der Waals surface area contributed by atoms with Gasteiger partial charge in [-0.2, -0.15) is 0 Å². The first-order chi connectivity index (χ1) is 10.1. The SMILES string of the molecule is CCc1ccccc1C(=O)NC(C(N)=S)C1CCCCC1. The summed E-state index contributed by atoms with van der Waals surface area (Å²) in [4.78, 5) is 13.0. The summed E-state index contributed by atoms with van der Waals surface area (Å²) in [5, 5.41) is 3.07. The highest BCUT2D eigenvalue weighted by atomic mass is 32.1. The van der Waals surface area contributed by atoms with Crippen LogP contribution in [0.4, 0.5) is 0 Å². The molecule has 1 fully saturated rings. The van der Waals surface area contributed by atoms with Crippen LogP contribution in [0.1, 0.15) is 54.9 Å². The second-order valence-corrected chi connectivity index (χ2v) is 6.23. The van der Waals surface area contributed by atoms with E-state index in [2.05, 4.69) is 12.2 Å². The molecule has 0 bridgehead atoms. The highest BCUT2D eigenvalue weighted by Crippen LogP contribution is 2.27.